The Balaban J connectivity index is 2.23. The monoisotopic (exact) mass is 382 g/mol. The van der Waals surface area contributed by atoms with E-state index in [0.29, 0.717) is 54.5 Å². The van der Waals surface area contributed by atoms with Crippen molar-refractivity contribution in [2.24, 2.45) is 11.1 Å². The molecule has 0 bridgehead atoms. The van der Waals surface area contributed by atoms with Crippen LogP contribution in [-0.2, 0) is 9.53 Å². The van der Waals surface area contributed by atoms with Crippen molar-refractivity contribution in [3.8, 4) is 17.6 Å². The fourth-order valence-corrected chi connectivity index (χ4v) is 3.89. The Morgan fingerprint density at radius 1 is 1.25 bits per heavy atom. The molecule has 1 unspecified atom stereocenters. The summed E-state index contributed by atoms with van der Waals surface area (Å²) >= 11 is 0. The van der Waals surface area contributed by atoms with Crippen LogP contribution in [0, 0.1) is 16.7 Å². The van der Waals surface area contributed by atoms with Crippen molar-refractivity contribution in [2.75, 3.05) is 13.2 Å². The SMILES string of the molecule is CCOc1ccc(OCC)c(C2C(C#N)=C(N)OC3=C2C(=O)CC(C)(C)C3)c1. The lowest BCUT2D eigenvalue weighted by atomic mass is 9.70. The van der Waals surface area contributed by atoms with E-state index in [1.54, 1.807) is 0 Å². The van der Waals surface area contributed by atoms with Crippen LogP contribution in [-0.4, -0.2) is 19.0 Å². The summed E-state index contributed by atoms with van der Waals surface area (Å²) in [5.74, 6) is 1.19. The van der Waals surface area contributed by atoms with Crippen LogP contribution in [0.25, 0.3) is 0 Å². The smallest absolute Gasteiger partial charge is 0.205 e. The molecule has 148 valence electrons. The fourth-order valence-electron chi connectivity index (χ4n) is 3.89. The number of hydrogen-bond donors (Lipinski definition) is 1. The first-order valence-corrected chi connectivity index (χ1v) is 9.54. The quantitative estimate of drug-likeness (QED) is 0.829. The molecule has 1 aromatic carbocycles. The van der Waals surface area contributed by atoms with Gasteiger partial charge in [-0.15, -0.1) is 0 Å². The van der Waals surface area contributed by atoms with Gasteiger partial charge in [-0.25, -0.2) is 0 Å². The average molecular weight is 382 g/mol. The first-order chi connectivity index (χ1) is 13.3. The van der Waals surface area contributed by atoms with E-state index in [0.717, 1.165) is 0 Å². The highest BCUT2D eigenvalue weighted by Gasteiger charge is 2.43. The lowest BCUT2D eigenvalue weighted by Crippen LogP contribution is -2.33. The van der Waals surface area contributed by atoms with Gasteiger partial charge in [0.1, 0.15) is 28.9 Å². The molecule has 2 aliphatic rings. The van der Waals surface area contributed by atoms with E-state index < -0.39 is 5.92 Å². The maximum Gasteiger partial charge on any atom is 0.205 e. The number of Topliss-reactive ketones (excluding diaryl/α,β-unsaturated/α-hetero) is 1. The predicted molar refractivity (Wildman–Crippen MR) is 104 cm³/mol. The number of nitrogens with two attached hydrogens (primary N) is 1. The summed E-state index contributed by atoms with van der Waals surface area (Å²) in [5.41, 5.74) is 7.29. The van der Waals surface area contributed by atoms with Crippen LogP contribution >= 0.6 is 0 Å². The van der Waals surface area contributed by atoms with Crippen LogP contribution in [0.2, 0.25) is 0 Å². The van der Waals surface area contributed by atoms with Gasteiger partial charge >= 0.3 is 0 Å². The molecule has 6 heteroatoms. The van der Waals surface area contributed by atoms with E-state index in [4.69, 9.17) is 19.9 Å². The minimum absolute atomic E-state index is 0.0271. The second-order valence-electron chi connectivity index (χ2n) is 7.77. The Kier molecular flexibility index (Phi) is 5.37. The van der Waals surface area contributed by atoms with Crippen LogP contribution in [0.1, 0.15) is 52.0 Å². The van der Waals surface area contributed by atoms with Gasteiger partial charge in [0.15, 0.2) is 5.78 Å². The van der Waals surface area contributed by atoms with E-state index in [1.165, 1.54) is 0 Å². The Morgan fingerprint density at radius 2 is 1.96 bits per heavy atom. The normalized spacial score (nSPS) is 21.0. The zero-order valence-electron chi connectivity index (χ0n) is 16.8. The molecule has 1 aromatic rings. The number of rotatable bonds is 5. The van der Waals surface area contributed by atoms with Crippen molar-refractivity contribution in [3.05, 3.63) is 46.6 Å². The van der Waals surface area contributed by atoms with Gasteiger partial charge in [0.05, 0.1) is 19.1 Å². The molecular weight excluding hydrogens is 356 g/mol. The molecule has 0 fully saturated rings. The number of carbonyl (C=O) groups is 1. The van der Waals surface area contributed by atoms with Gasteiger partial charge in [-0.2, -0.15) is 5.26 Å². The molecule has 0 saturated carbocycles. The predicted octanol–water partition coefficient (Wildman–Crippen LogP) is 3.93. The van der Waals surface area contributed by atoms with E-state index >= 15 is 0 Å². The van der Waals surface area contributed by atoms with Gasteiger partial charge in [0, 0.05) is 24.0 Å². The number of allylic oxidation sites excluding steroid dienone is 3. The third kappa shape index (κ3) is 3.57. The summed E-state index contributed by atoms with van der Waals surface area (Å²) in [6.45, 7) is 8.79. The van der Waals surface area contributed by atoms with Gasteiger partial charge in [0.25, 0.3) is 0 Å². The first kappa shape index (κ1) is 19.8. The van der Waals surface area contributed by atoms with Crippen molar-refractivity contribution in [3.63, 3.8) is 0 Å². The topological polar surface area (TPSA) is 94.6 Å². The molecule has 0 spiro atoms. The number of ketones is 1. The summed E-state index contributed by atoms with van der Waals surface area (Å²) in [7, 11) is 0. The van der Waals surface area contributed by atoms with E-state index in [2.05, 4.69) is 6.07 Å². The minimum Gasteiger partial charge on any atom is -0.494 e. The highest BCUT2D eigenvalue weighted by molar-refractivity contribution is 6.00. The molecule has 6 nitrogen and oxygen atoms in total. The molecule has 1 aliphatic heterocycles. The van der Waals surface area contributed by atoms with Crippen molar-refractivity contribution in [1.29, 1.82) is 5.26 Å². The third-order valence-electron chi connectivity index (χ3n) is 4.98. The molecule has 1 atom stereocenters. The summed E-state index contributed by atoms with van der Waals surface area (Å²) in [5, 5.41) is 9.79. The zero-order chi connectivity index (χ0) is 20.5. The van der Waals surface area contributed by atoms with E-state index in [1.807, 2.05) is 45.9 Å². The lowest BCUT2D eigenvalue weighted by Gasteiger charge is -2.37. The highest BCUT2D eigenvalue weighted by Crippen LogP contribution is 2.50. The van der Waals surface area contributed by atoms with Crippen LogP contribution in [0.15, 0.2) is 41.0 Å². The maximum absolute atomic E-state index is 13.1. The Hall–Kier alpha value is -2.94. The molecule has 0 amide bonds. The van der Waals surface area contributed by atoms with Crippen LogP contribution in [0.4, 0.5) is 0 Å². The number of hydrogen-bond acceptors (Lipinski definition) is 6. The number of benzene rings is 1. The Bertz CT molecular complexity index is 906. The van der Waals surface area contributed by atoms with Crippen molar-refractivity contribution >= 4 is 5.78 Å². The molecule has 0 saturated heterocycles. The summed E-state index contributed by atoms with van der Waals surface area (Å²) in [4.78, 5) is 13.1. The standard InChI is InChI=1S/C22H26N2O4/c1-5-26-13-7-8-17(27-6-2)14(9-13)19-15(12-23)21(24)28-18-11-22(3,4)10-16(25)20(18)19/h7-9,19H,5-6,10-11,24H2,1-4H3. The van der Waals surface area contributed by atoms with Gasteiger partial charge in [-0.1, -0.05) is 13.8 Å². The molecule has 0 aromatic heterocycles. The molecule has 1 aliphatic carbocycles. The third-order valence-corrected chi connectivity index (χ3v) is 4.98. The zero-order valence-corrected chi connectivity index (χ0v) is 16.8. The molecule has 28 heavy (non-hydrogen) atoms. The van der Waals surface area contributed by atoms with Crippen LogP contribution < -0.4 is 15.2 Å². The summed E-state index contributed by atoms with van der Waals surface area (Å²) < 4.78 is 17.2. The van der Waals surface area contributed by atoms with Crippen LogP contribution in [0.3, 0.4) is 0 Å². The van der Waals surface area contributed by atoms with E-state index in [-0.39, 0.29) is 22.7 Å². The second-order valence-corrected chi connectivity index (χ2v) is 7.77. The minimum atomic E-state index is -0.626. The van der Waals surface area contributed by atoms with Gasteiger partial charge in [-0.3, -0.25) is 4.79 Å². The van der Waals surface area contributed by atoms with Gasteiger partial charge < -0.3 is 19.9 Å². The number of nitriles is 1. The summed E-state index contributed by atoms with van der Waals surface area (Å²) in [6, 6.07) is 7.59. The molecule has 0 radical (unpaired) electrons. The largest absolute Gasteiger partial charge is 0.494 e. The van der Waals surface area contributed by atoms with E-state index in [9.17, 15) is 10.1 Å². The Morgan fingerprint density at radius 3 is 2.61 bits per heavy atom. The highest BCUT2D eigenvalue weighted by atomic mass is 16.5. The number of nitrogens with zero attached hydrogens (tertiary/aromatic N) is 1. The lowest BCUT2D eigenvalue weighted by molar-refractivity contribution is -0.119. The first-order valence-electron chi connectivity index (χ1n) is 9.54. The summed E-state index contributed by atoms with van der Waals surface area (Å²) in [6.07, 6.45) is 0.971. The van der Waals surface area contributed by atoms with Gasteiger partial charge in [0.2, 0.25) is 5.88 Å². The average Bonchev–Trinajstić information content (AvgIpc) is 2.61. The van der Waals surface area contributed by atoms with Crippen molar-refractivity contribution < 1.29 is 19.0 Å². The molecule has 1 heterocycles. The molecular formula is C22H26N2O4. The van der Waals surface area contributed by atoms with Crippen molar-refractivity contribution in [2.45, 2.75) is 46.5 Å². The maximum atomic E-state index is 13.1. The number of carbonyl (C=O) groups excluding carboxylic acids is 1. The van der Waals surface area contributed by atoms with Crippen molar-refractivity contribution in [1.82, 2.24) is 0 Å². The van der Waals surface area contributed by atoms with Gasteiger partial charge in [-0.05, 0) is 37.5 Å². The fraction of sp³-hybridized carbons (Fsp3) is 0.455. The number of ether oxygens (including phenoxy) is 3. The van der Waals surface area contributed by atoms with Crippen LogP contribution in [0.5, 0.6) is 11.5 Å². The Labute approximate surface area is 165 Å². The molecule has 3 rings (SSSR count). The second kappa shape index (κ2) is 7.59. The molecule has 2 N–H and O–H groups in total.